The van der Waals surface area contributed by atoms with Crippen molar-refractivity contribution in [2.24, 2.45) is 0 Å². The average molecular weight is 244 g/mol. The van der Waals surface area contributed by atoms with Crippen LogP contribution in [0.5, 0.6) is 0 Å². The van der Waals surface area contributed by atoms with Crippen molar-refractivity contribution in [1.29, 1.82) is 0 Å². The topological polar surface area (TPSA) is 60.7 Å². The van der Waals surface area contributed by atoms with E-state index in [1.165, 1.54) is 6.26 Å². The Morgan fingerprint density at radius 1 is 1.38 bits per heavy atom. The van der Waals surface area contributed by atoms with E-state index in [0.717, 1.165) is 22.9 Å². The molecule has 0 aliphatic rings. The van der Waals surface area contributed by atoms with Crippen molar-refractivity contribution in [2.45, 2.75) is 5.16 Å². The number of nitrogens with zero attached hydrogens (tertiary/aromatic N) is 4. The van der Waals surface area contributed by atoms with Crippen LogP contribution in [0.4, 0.5) is 8.78 Å². The molecule has 84 valence electrons. The Hall–Kier alpha value is -1.70. The number of halogens is 2. The Morgan fingerprint density at radius 2 is 2.12 bits per heavy atom. The Morgan fingerprint density at radius 3 is 2.81 bits per heavy atom. The number of benzene rings is 1. The smallest absolute Gasteiger partial charge is 0.244 e. The first-order valence-corrected chi connectivity index (χ1v) is 5.72. The second-order valence-corrected chi connectivity index (χ2v) is 4.20. The van der Waals surface area contributed by atoms with Crippen LogP contribution in [0, 0.1) is 11.6 Å². The molecule has 2 aromatic rings. The van der Waals surface area contributed by atoms with Crippen molar-refractivity contribution in [1.82, 2.24) is 20.2 Å². The molecule has 16 heavy (non-hydrogen) atoms. The normalized spacial score (nSPS) is 12.7. The van der Waals surface area contributed by atoms with Crippen LogP contribution in [0.3, 0.4) is 0 Å². The summed E-state index contributed by atoms with van der Waals surface area (Å²) in [5.74, 6) is -1.32. The first-order chi connectivity index (χ1) is 7.59. The second-order valence-electron chi connectivity index (χ2n) is 2.92. The highest BCUT2D eigenvalue weighted by Gasteiger charge is 2.15. The maximum Gasteiger partial charge on any atom is 0.244 e. The maximum absolute atomic E-state index is 13.4. The van der Waals surface area contributed by atoms with Crippen molar-refractivity contribution >= 4 is 10.8 Å². The Bertz CT molecular complexity index is 557. The van der Waals surface area contributed by atoms with E-state index in [9.17, 15) is 13.0 Å². The molecule has 0 saturated heterocycles. The third kappa shape index (κ3) is 1.83. The predicted octanol–water partition coefficient (Wildman–Crippen LogP) is 0.678. The first-order valence-electron chi connectivity index (χ1n) is 4.17. The fourth-order valence-corrected chi connectivity index (χ4v) is 1.69. The molecule has 0 radical (unpaired) electrons. The van der Waals surface area contributed by atoms with Gasteiger partial charge in [0.05, 0.1) is 10.8 Å². The maximum atomic E-state index is 13.4. The highest BCUT2D eigenvalue weighted by molar-refractivity contribution is 7.84. The minimum absolute atomic E-state index is 0.0375. The number of rotatable bonds is 2. The van der Waals surface area contributed by atoms with Crippen LogP contribution in [0.1, 0.15) is 0 Å². The summed E-state index contributed by atoms with van der Waals surface area (Å²) >= 11 is 0. The lowest BCUT2D eigenvalue weighted by atomic mass is 10.3. The van der Waals surface area contributed by atoms with Gasteiger partial charge in [0, 0.05) is 12.3 Å². The van der Waals surface area contributed by atoms with Crippen LogP contribution in [-0.2, 0) is 10.8 Å². The number of tetrazole rings is 1. The van der Waals surface area contributed by atoms with E-state index in [4.69, 9.17) is 0 Å². The number of hydrogen-bond acceptors (Lipinski definition) is 4. The predicted molar refractivity (Wildman–Crippen MR) is 51.4 cm³/mol. The van der Waals surface area contributed by atoms with Crippen LogP contribution in [0.25, 0.3) is 5.69 Å². The highest BCUT2D eigenvalue weighted by atomic mass is 32.2. The Balaban J connectivity index is 2.62. The molecule has 0 amide bonds. The molecule has 0 fully saturated rings. The van der Waals surface area contributed by atoms with Crippen LogP contribution in [0.2, 0.25) is 0 Å². The molecule has 0 saturated carbocycles. The van der Waals surface area contributed by atoms with Crippen LogP contribution < -0.4 is 0 Å². The summed E-state index contributed by atoms with van der Waals surface area (Å²) < 4.78 is 38.5. The Labute approximate surface area is 91.5 Å². The first kappa shape index (κ1) is 10.8. The van der Waals surface area contributed by atoms with E-state index in [2.05, 4.69) is 15.5 Å². The van der Waals surface area contributed by atoms with Crippen molar-refractivity contribution in [2.75, 3.05) is 6.26 Å². The van der Waals surface area contributed by atoms with Crippen LogP contribution >= 0.6 is 0 Å². The summed E-state index contributed by atoms with van der Waals surface area (Å²) in [5, 5.41) is 10.2. The fraction of sp³-hybridized carbons (Fsp3) is 0.125. The zero-order valence-corrected chi connectivity index (χ0v) is 8.91. The second kappa shape index (κ2) is 4.05. The lowest BCUT2D eigenvalue weighted by Gasteiger charge is -2.03. The van der Waals surface area contributed by atoms with Gasteiger partial charge in [0.2, 0.25) is 5.16 Å². The minimum atomic E-state index is -1.49. The molecule has 0 bridgehead atoms. The molecule has 1 aromatic carbocycles. The molecule has 0 aliphatic carbocycles. The van der Waals surface area contributed by atoms with Gasteiger partial charge < -0.3 is 0 Å². The molecule has 0 spiro atoms. The van der Waals surface area contributed by atoms with E-state index in [1.807, 2.05) is 0 Å². The van der Waals surface area contributed by atoms with E-state index in [-0.39, 0.29) is 10.8 Å². The fourth-order valence-electron chi connectivity index (χ4n) is 1.16. The van der Waals surface area contributed by atoms with Gasteiger partial charge >= 0.3 is 0 Å². The monoisotopic (exact) mass is 244 g/mol. The summed E-state index contributed by atoms with van der Waals surface area (Å²) in [6, 6.07) is 2.86. The summed E-state index contributed by atoms with van der Waals surface area (Å²) in [5.41, 5.74) is -0.171. The average Bonchev–Trinajstić information content (AvgIpc) is 2.70. The lowest BCUT2D eigenvalue weighted by Crippen LogP contribution is -2.06. The highest BCUT2D eigenvalue weighted by Crippen LogP contribution is 2.15. The number of aromatic nitrogens is 4. The minimum Gasteiger partial charge on any atom is -0.251 e. The van der Waals surface area contributed by atoms with Crippen LogP contribution in [0.15, 0.2) is 23.4 Å². The molecule has 0 N–H and O–H groups in total. The summed E-state index contributed by atoms with van der Waals surface area (Å²) in [6.45, 7) is 0. The SMILES string of the molecule is CS(=O)c1nnnn1-c1cc(F)ccc1F. The van der Waals surface area contributed by atoms with Gasteiger partial charge in [-0.3, -0.25) is 4.21 Å². The molecular formula is C8H6F2N4OS. The summed E-state index contributed by atoms with van der Waals surface area (Å²) in [4.78, 5) is 0. The quantitative estimate of drug-likeness (QED) is 0.779. The number of hydrogen-bond donors (Lipinski definition) is 0. The molecule has 0 aliphatic heterocycles. The van der Waals surface area contributed by atoms with E-state index in [1.54, 1.807) is 0 Å². The Kier molecular flexibility index (Phi) is 2.73. The van der Waals surface area contributed by atoms with Gasteiger partial charge in [-0.05, 0) is 22.6 Å². The molecular weight excluding hydrogens is 238 g/mol. The zero-order valence-electron chi connectivity index (χ0n) is 8.09. The van der Waals surface area contributed by atoms with E-state index >= 15 is 0 Å². The summed E-state index contributed by atoms with van der Waals surface area (Å²) in [6.07, 6.45) is 1.35. The molecule has 1 atom stereocenters. The molecule has 1 aromatic heterocycles. The largest absolute Gasteiger partial charge is 0.251 e. The van der Waals surface area contributed by atoms with Gasteiger partial charge in [-0.25, -0.2) is 8.78 Å². The zero-order chi connectivity index (χ0) is 11.7. The van der Waals surface area contributed by atoms with E-state index in [0.29, 0.717) is 0 Å². The van der Waals surface area contributed by atoms with Gasteiger partial charge in [0.15, 0.2) is 0 Å². The van der Waals surface area contributed by atoms with Gasteiger partial charge in [-0.15, -0.1) is 0 Å². The third-order valence-electron chi connectivity index (χ3n) is 1.83. The van der Waals surface area contributed by atoms with Gasteiger partial charge in [0.25, 0.3) is 0 Å². The van der Waals surface area contributed by atoms with Gasteiger partial charge in [-0.2, -0.15) is 4.68 Å². The van der Waals surface area contributed by atoms with Crippen molar-refractivity contribution in [3.63, 3.8) is 0 Å². The van der Waals surface area contributed by atoms with Gasteiger partial charge in [0.1, 0.15) is 17.3 Å². The molecule has 5 nitrogen and oxygen atoms in total. The van der Waals surface area contributed by atoms with Crippen molar-refractivity contribution in [3.8, 4) is 5.69 Å². The molecule has 1 heterocycles. The van der Waals surface area contributed by atoms with Crippen LogP contribution in [-0.4, -0.2) is 30.7 Å². The lowest BCUT2D eigenvalue weighted by molar-refractivity contribution is 0.576. The van der Waals surface area contributed by atoms with Crippen molar-refractivity contribution < 1.29 is 13.0 Å². The molecule has 1 unspecified atom stereocenters. The van der Waals surface area contributed by atoms with E-state index < -0.39 is 22.4 Å². The molecule has 8 heteroatoms. The standard InChI is InChI=1S/C8H6F2N4OS/c1-16(15)8-11-12-13-14(8)7-4-5(9)2-3-6(7)10/h2-4H,1H3. The third-order valence-corrected chi connectivity index (χ3v) is 2.60. The van der Waals surface area contributed by atoms with Crippen molar-refractivity contribution in [3.05, 3.63) is 29.8 Å². The van der Waals surface area contributed by atoms with Gasteiger partial charge in [-0.1, -0.05) is 5.10 Å². The molecule has 2 rings (SSSR count). The summed E-state index contributed by atoms with van der Waals surface area (Å²) in [7, 11) is -1.49.